The summed E-state index contributed by atoms with van der Waals surface area (Å²) in [5.41, 5.74) is 6.26. The largest absolute Gasteiger partial charge is 0.481 e. The molecule has 1 aromatic carbocycles. The van der Waals surface area contributed by atoms with Crippen molar-refractivity contribution in [1.82, 2.24) is 5.32 Å². The van der Waals surface area contributed by atoms with E-state index >= 15 is 0 Å². The number of nitrogens with two attached hydrogens (primary N) is 1. The summed E-state index contributed by atoms with van der Waals surface area (Å²) in [6.07, 6.45) is 0. The molecule has 20 heavy (non-hydrogen) atoms. The molecule has 0 bridgehead atoms. The molecule has 0 aromatic heterocycles. The van der Waals surface area contributed by atoms with Gasteiger partial charge in [-0.25, -0.2) is 0 Å². The van der Waals surface area contributed by atoms with Gasteiger partial charge in [-0.1, -0.05) is 26.0 Å². The number of rotatable bonds is 6. The molecule has 0 heterocycles. The topological polar surface area (TPSA) is 109 Å². The Morgan fingerprint density at radius 3 is 2.45 bits per heavy atom. The van der Waals surface area contributed by atoms with Gasteiger partial charge in [0.15, 0.2) is 0 Å². The highest BCUT2D eigenvalue weighted by Gasteiger charge is 2.25. The quantitative estimate of drug-likeness (QED) is 0.713. The maximum atomic E-state index is 11.8. The first-order valence-corrected chi connectivity index (χ1v) is 6.22. The lowest BCUT2D eigenvalue weighted by atomic mass is 9.95. The van der Waals surface area contributed by atoms with Crippen LogP contribution in [0.2, 0.25) is 0 Å². The molecule has 0 saturated carbocycles. The molecule has 2 unspecified atom stereocenters. The summed E-state index contributed by atoms with van der Waals surface area (Å²) in [5.74, 6) is -3.28. The number of benzene rings is 1. The van der Waals surface area contributed by atoms with Gasteiger partial charge in [-0.2, -0.15) is 0 Å². The fourth-order valence-corrected chi connectivity index (χ4v) is 1.63. The van der Waals surface area contributed by atoms with E-state index in [-0.39, 0.29) is 12.5 Å². The third-order valence-electron chi connectivity index (χ3n) is 3.23. The second kappa shape index (κ2) is 6.70. The molecule has 108 valence electrons. The molecule has 0 fully saturated rings. The molecule has 6 heteroatoms. The Balaban J connectivity index is 2.63. The molecule has 1 aromatic rings. The number of carboxylic acids is 1. The van der Waals surface area contributed by atoms with Crippen molar-refractivity contribution in [2.75, 3.05) is 0 Å². The van der Waals surface area contributed by atoms with E-state index in [2.05, 4.69) is 5.32 Å². The van der Waals surface area contributed by atoms with Gasteiger partial charge in [0.2, 0.25) is 11.8 Å². The molecule has 0 aliphatic heterocycles. The Labute approximate surface area is 117 Å². The van der Waals surface area contributed by atoms with Crippen LogP contribution in [0.1, 0.15) is 29.8 Å². The van der Waals surface area contributed by atoms with Gasteiger partial charge in [-0.15, -0.1) is 0 Å². The van der Waals surface area contributed by atoms with Crippen LogP contribution in [0.5, 0.6) is 0 Å². The number of amides is 2. The normalized spacial score (nSPS) is 13.3. The molecule has 0 radical (unpaired) electrons. The number of carbonyl (C=O) groups excluding carboxylic acids is 2. The van der Waals surface area contributed by atoms with E-state index in [4.69, 9.17) is 10.8 Å². The van der Waals surface area contributed by atoms with Crippen LogP contribution in [0.4, 0.5) is 0 Å². The van der Waals surface area contributed by atoms with E-state index in [1.54, 1.807) is 31.2 Å². The zero-order chi connectivity index (χ0) is 15.3. The molecule has 0 aliphatic carbocycles. The molecule has 1 rings (SSSR count). The lowest BCUT2D eigenvalue weighted by Crippen LogP contribution is -2.34. The predicted octanol–water partition coefficient (Wildman–Crippen LogP) is 0.758. The van der Waals surface area contributed by atoms with Crippen LogP contribution in [-0.4, -0.2) is 22.9 Å². The minimum absolute atomic E-state index is 0.219. The van der Waals surface area contributed by atoms with Crippen LogP contribution in [0, 0.1) is 11.8 Å². The van der Waals surface area contributed by atoms with Crippen LogP contribution in [0.15, 0.2) is 24.3 Å². The van der Waals surface area contributed by atoms with E-state index in [0.717, 1.165) is 5.56 Å². The maximum absolute atomic E-state index is 11.8. The van der Waals surface area contributed by atoms with E-state index in [9.17, 15) is 14.4 Å². The van der Waals surface area contributed by atoms with E-state index in [1.165, 1.54) is 6.92 Å². The van der Waals surface area contributed by atoms with Crippen LogP contribution >= 0.6 is 0 Å². The highest BCUT2D eigenvalue weighted by Crippen LogP contribution is 2.12. The number of carbonyl (C=O) groups is 3. The molecular formula is C14H18N2O4. The third kappa shape index (κ3) is 4.08. The van der Waals surface area contributed by atoms with Gasteiger partial charge >= 0.3 is 5.97 Å². The fraction of sp³-hybridized carbons (Fsp3) is 0.357. The highest BCUT2D eigenvalue weighted by molar-refractivity contribution is 5.92. The van der Waals surface area contributed by atoms with Gasteiger partial charge in [0.05, 0.1) is 5.92 Å². The Hall–Kier alpha value is -2.37. The van der Waals surface area contributed by atoms with E-state index in [1.807, 2.05) is 0 Å². The summed E-state index contributed by atoms with van der Waals surface area (Å²) >= 11 is 0. The molecular weight excluding hydrogens is 260 g/mol. The van der Waals surface area contributed by atoms with E-state index in [0.29, 0.717) is 5.56 Å². The van der Waals surface area contributed by atoms with Crippen molar-refractivity contribution >= 4 is 17.8 Å². The summed E-state index contributed by atoms with van der Waals surface area (Å²) in [7, 11) is 0. The van der Waals surface area contributed by atoms with Crippen molar-refractivity contribution < 1.29 is 19.5 Å². The van der Waals surface area contributed by atoms with E-state index < -0.39 is 23.7 Å². The van der Waals surface area contributed by atoms with Crippen molar-refractivity contribution in [3.63, 3.8) is 0 Å². The van der Waals surface area contributed by atoms with Crippen molar-refractivity contribution in [3.8, 4) is 0 Å². The van der Waals surface area contributed by atoms with Gasteiger partial charge in [-0.05, 0) is 17.7 Å². The van der Waals surface area contributed by atoms with Crippen LogP contribution in [0.25, 0.3) is 0 Å². The van der Waals surface area contributed by atoms with Crippen molar-refractivity contribution in [3.05, 3.63) is 35.4 Å². The maximum Gasteiger partial charge on any atom is 0.307 e. The number of aliphatic carboxylic acids is 1. The summed E-state index contributed by atoms with van der Waals surface area (Å²) < 4.78 is 0. The van der Waals surface area contributed by atoms with Crippen LogP contribution < -0.4 is 11.1 Å². The molecule has 6 nitrogen and oxygen atoms in total. The van der Waals surface area contributed by atoms with Crippen molar-refractivity contribution in [2.24, 2.45) is 17.6 Å². The Bertz CT molecular complexity index is 528. The second-order valence-electron chi connectivity index (χ2n) is 4.70. The van der Waals surface area contributed by atoms with Crippen LogP contribution in [0.3, 0.4) is 0 Å². The first-order valence-electron chi connectivity index (χ1n) is 6.22. The molecule has 0 aliphatic rings. The summed E-state index contributed by atoms with van der Waals surface area (Å²) in [6.45, 7) is 3.27. The highest BCUT2D eigenvalue weighted by atomic mass is 16.4. The first kappa shape index (κ1) is 15.7. The average molecular weight is 278 g/mol. The zero-order valence-electron chi connectivity index (χ0n) is 11.4. The van der Waals surface area contributed by atoms with Crippen molar-refractivity contribution in [2.45, 2.75) is 20.4 Å². The lowest BCUT2D eigenvalue weighted by Gasteiger charge is -2.15. The van der Waals surface area contributed by atoms with Gasteiger partial charge in [0, 0.05) is 18.0 Å². The fourth-order valence-electron chi connectivity index (χ4n) is 1.63. The second-order valence-corrected chi connectivity index (χ2v) is 4.70. The van der Waals surface area contributed by atoms with Gasteiger partial charge in [-0.3, -0.25) is 14.4 Å². The minimum Gasteiger partial charge on any atom is -0.481 e. The van der Waals surface area contributed by atoms with Gasteiger partial charge in [0.1, 0.15) is 0 Å². The van der Waals surface area contributed by atoms with Gasteiger partial charge < -0.3 is 16.2 Å². The molecule has 4 N–H and O–H groups in total. The third-order valence-corrected chi connectivity index (χ3v) is 3.23. The Morgan fingerprint density at radius 2 is 1.90 bits per heavy atom. The molecule has 0 saturated heterocycles. The van der Waals surface area contributed by atoms with Gasteiger partial charge in [0.25, 0.3) is 0 Å². The Kier molecular flexibility index (Phi) is 5.25. The first-order chi connectivity index (χ1) is 9.32. The molecule has 2 amide bonds. The van der Waals surface area contributed by atoms with Crippen molar-refractivity contribution in [1.29, 1.82) is 0 Å². The monoisotopic (exact) mass is 278 g/mol. The standard InChI is InChI=1S/C14H18N2O4/c1-8(9(2)14(19)20)13(18)16-7-10-4-3-5-11(6-10)12(15)17/h3-6,8-9H,7H2,1-2H3,(H2,15,17)(H,16,18)(H,19,20). The zero-order valence-corrected chi connectivity index (χ0v) is 11.4. The molecule has 0 spiro atoms. The smallest absolute Gasteiger partial charge is 0.307 e. The average Bonchev–Trinajstić information content (AvgIpc) is 2.43. The number of carboxylic acid groups (broad SMARTS) is 1. The Morgan fingerprint density at radius 1 is 1.25 bits per heavy atom. The summed E-state index contributed by atoms with van der Waals surface area (Å²) in [6, 6.07) is 6.60. The lowest BCUT2D eigenvalue weighted by molar-refractivity contribution is -0.146. The SMILES string of the molecule is CC(C(=O)O)C(C)C(=O)NCc1cccc(C(N)=O)c1. The molecule has 2 atom stereocenters. The summed E-state index contributed by atoms with van der Waals surface area (Å²) in [4.78, 5) is 33.7. The summed E-state index contributed by atoms with van der Waals surface area (Å²) in [5, 5.41) is 11.5. The van der Waals surface area contributed by atoms with Crippen LogP contribution in [-0.2, 0) is 16.1 Å². The number of primary amides is 1. The predicted molar refractivity (Wildman–Crippen MR) is 72.8 cm³/mol. The number of nitrogens with one attached hydrogen (secondary N) is 1. The minimum atomic E-state index is -1.01. The number of hydrogen-bond donors (Lipinski definition) is 3. The number of hydrogen-bond acceptors (Lipinski definition) is 3.